The van der Waals surface area contributed by atoms with Crippen molar-refractivity contribution in [1.82, 2.24) is 0 Å². The SMILES string of the molecule is CCCCCCCCC(C)C(=O)OCC(C)(COC(=O)C(C)CCCCCCCC)OC(=O)C(C)CCCCCCCC. The van der Waals surface area contributed by atoms with Gasteiger partial charge >= 0.3 is 17.9 Å². The van der Waals surface area contributed by atoms with Crippen LogP contribution >= 0.6 is 0 Å². The van der Waals surface area contributed by atoms with Gasteiger partial charge in [-0.25, -0.2) is 0 Å². The van der Waals surface area contributed by atoms with Crippen molar-refractivity contribution in [3.8, 4) is 0 Å². The first-order valence-corrected chi connectivity index (χ1v) is 18.2. The van der Waals surface area contributed by atoms with Crippen LogP contribution in [0.25, 0.3) is 0 Å². The summed E-state index contributed by atoms with van der Waals surface area (Å²) in [5, 5.41) is 0. The maximum atomic E-state index is 13.1. The van der Waals surface area contributed by atoms with Crippen LogP contribution in [-0.2, 0) is 28.6 Å². The van der Waals surface area contributed by atoms with Crippen molar-refractivity contribution in [3.05, 3.63) is 0 Å². The highest BCUT2D eigenvalue weighted by molar-refractivity contribution is 5.74. The molecule has 0 saturated heterocycles. The molecule has 0 aromatic carbocycles. The molecular formula is C37H70O6. The predicted molar refractivity (Wildman–Crippen MR) is 178 cm³/mol. The summed E-state index contributed by atoms with van der Waals surface area (Å²) in [6, 6.07) is 0. The lowest BCUT2D eigenvalue weighted by atomic mass is 10.0. The van der Waals surface area contributed by atoms with Crippen molar-refractivity contribution < 1.29 is 28.6 Å². The van der Waals surface area contributed by atoms with Gasteiger partial charge < -0.3 is 14.2 Å². The third-order valence-electron chi connectivity index (χ3n) is 8.57. The van der Waals surface area contributed by atoms with E-state index in [0.717, 1.165) is 57.8 Å². The molecule has 0 saturated carbocycles. The fourth-order valence-electron chi connectivity index (χ4n) is 5.22. The van der Waals surface area contributed by atoms with Crippen LogP contribution in [0.15, 0.2) is 0 Å². The van der Waals surface area contributed by atoms with Gasteiger partial charge in [-0.15, -0.1) is 0 Å². The lowest BCUT2D eigenvalue weighted by molar-refractivity contribution is -0.186. The molecule has 0 aliphatic carbocycles. The highest BCUT2D eigenvalue weighted by Gasteiger charge is 2.35. The third-order valence-corrected chi connectivity index (χ3v) is 8.57. The summed E-state index contributed by atoms with van der Waals surface area (Å²) >= 11 is 0. The molecule has 254 valence electrons. The van der Waals surface area contributed by atoms with E-state index in [1.807, 2.05) is 20.8 Å². The van der Waals surface area contributed by atoms with Gasteiger partial charge in [0.25, 0.3) is 0 Å². The van der Waals surface area contributed by atoms with Crippen LogP contribution in [0.2, 0.25) is 0 Å². The van der Waals surface area contributed by atoms with E-state index in [0.29, 0.717) is 0 Å². The fraction of sp³-hybridized carbons (Fsp3) is 0.919. The van der Waals surface area contributed by atoms with Gasteiger partial charge in [-0.05, 0) is 26.2 Å². The maximum absolute atomic E-state index is 13.1. The van der Waals surface area contributed by atoms with E-state index < -0.39 is 5.60 Å². The Hall–Kier alpha value is -1.59. The quantitative estimate of drug-likeness (QED) is 0.0476. The van der Waals surface area contributed by atoms with Crippen molar-refractivity contribution in [2.24, 2.45) is 17.8 Å². The van der Waals surface area contributed by atoms with Crippen molar-refractivity contribution in [2.45, 2.75) is 189 Å². The Balaban J connectivity index is 4.98. The number of rotatable bonds is 29. The van der Waals surface area contributed by atoms with Crippen LogP contribution in [0.4, 0.5) is 0 Å². The number of hydrogen-bond donors (Lipinski definition) is 0. The van der Waals surface area contributed by atoms with Gasteiger partial charge in [-0.1, -0.05) is 157 Å². The molecule has 6 heteroatoms. The topological polar surface area (TPSA) is 78.9 Å². The van der Waals surface area contributed by atoms with Gasteiger partial charge in [-0.3, -0.25) is 14.4 Å². The van der Waals surface area contributed by atoms with Crippen molar-refractivity contribution in [3.63, 3.8) is 0 Å². The molecule has 0 fully saturated rings. The zero-order valence-corrected chi connectivity index (χ0v) is 29.4. The van der Waals surface area contributed by atoms with Gasteiger partial charge in [0.2, 0.25) is 0 Å². The molecule has 0 aliphatic heterocycles. The average Bonchev–Trinajstić information content (AvgIpc) is 2.99. The summed E-state index contributed by atoms with van der Waals surface area (Å²) in [4.78, 5) is 38.7. The van der Waals surface area contributed by atoms with E-state index in [9.17, 15) is 14.4 Å². The minimum Gasteiger partial charge on any atom is -0.461 e. The molecule has 0 spiro atoms. The average molecular weight is 611 g/mol. The van der Waals surface area contributed by atoms with Gasteiger partial charge in [0.15, 0.2) is 5.60 Å². The first-order chi connectivity index (χ1) is 20.6. The van der Waals surface area contributed by atoms with Gasteiger partial charge in [-0.2, -0.15) is 0 Å². The van der Waals surface area contributed by atoms with Crippen LogP contribution < -0.4 is 0 Å². The number of carbonyl (C=O) groups is 3. The molecule has 0 amide bonds. The maximum Gasteiger partial charge on any atom is 0.309 e. The Morgan fingerprint density at radius 2 is 0.744 bits per heavy atom. The highest BCUT2D eigenvalue weighted by atomic mass is 16.6. The van der Waals surface area contributed by atoms with Gasteiger partial charge in [0.05, 0.1) is 17.8 Å². The van der Waals surface area contributed by atoms with E-state index in [-0.39, 0.29) is 48.9 Å². The molecule has 3 unspecified atom stereocenters. The largest absolute Gasteiger partial charge is 0.461 e. The van der Waals surface area contributed by atoms with Crippen LogP contribution in [-0.4, -0.2) is 36.7 Å². The summed E-state index contributed by atoms with van der Waals surface area (Å²) in [5.74, 6) is -1.63. The number of esters is 3. The normalized spacial score (nSPS) is 14.9. The van der Waals surface area contributed by atoms with E-state index in [4.69, 9.17) is 14.2 Å². The predicted octanol–water partition coefficient (Wildman–Crippen LogP) is 10.5. The molecule has 3 atom stereocenters. The smallest absolute Gasteiger partial charge is 0.309 e. The zero-order valence-electron chi connectivity index (χ0n) is 29.4. The number of ether oxygens (including phenoxy) is 3. The van der Waals surface area contributed by atoms with E-state index >= 15 is 0 Å². The molecule has 43 heavy (non-hydrogen) atoms. The lowest BCUT2D eigenvalue weighted by Gasteiger charge is -2.30. The minimum atomic E-state index is -1.22. The zero-order chi connectivity index (χ0) is 32.3. The second-order valence-electron chi connectivity index (χ2n) is 13.5. The minimum absolute atomic E-state index is 0.124. The lowest BCUT2D eigenvalue weighted by Crippen LogP contribution is -2.44. The molecule has 0 bridgehead atoms. The number of hydrogen-bond acceptors (Lipinski definition) is 6. The molecule has 0 radical (unpaired) electrons. The van der Waals surface area contributed by atoms with E-state index in [2.05, 4.69) is 20.8 Å². The molecule has 0 aromatic heterocycles. The fourth-order valence-corrected chi connectivity index (χ4v) is 5.22. The standard InChI is InChI=1S/C37H70O6/c1-8-11-14-17-20-23-26-31(4)34(38)41-29-37(7,43-36(40)33(6)28-25-22-19-16-13-10-3)30-42-35(39)32(5)27-24-21-18-15-12-9-2/h31-33H,8-30H2,1-7H3. The first kappa shape index (κ1) is 41.4. The third kappa shape index (κ3) is 22.6. The molecule has 0 rings (SSSR count). The molecule has 0 aromatic rings. The van der Waals surface area contributed by atoms with Gasteiger partial charge in [0, 0.05) is 0 Å². The Morgan fingerprint density at radius 1 is 0.465 bits per heavy atom. The summed E-state index contributed by atoms with van der Waals surface area (Å²) < 4.78 is 17.3. The Kier molecular flexibility index (Phi) is 25.8. The summed E-state index contributed by atoms with van der Waals surface area (Å²) in [6.07, 6.45) is 23.4. The molecular weight excluding hydrogens is 540 g/mol. The Labute approximate surface area is 266 Å². The monoisotopic (exact) mass is 611 g/mol. The Bertz CT molecular complexity index is 667. The van der Waals surface area contributed by atoms with Crippen LogP contribution in [0, 0.1) is 17.8 Å². The molecule has 0 heterocycles. The second-order valence-corrected chi connectivity index (χ2v) is 13.5. The summed E-state index contributed by atoms with van der Waals surface area (Å²) in [5.41, 5.74) is -1.22. The first-order valence-electron chi connectivity index (χ1n) is 18.2. The van der Waals surface area contributed by atoms with E-state index in [1.165, 1.54) is 77.0 Å². The molecule has 0 N–H and O–H groups in total. The highest BCUT2D eigenvalue weighted by Crippen LogP contribution is 2.22. The second kappa shape index (κ2) is 26.8. The van der Waals surface area contributed by atoms with Crippen molar-refractivity contribution in [2.75, 3.05) is 13.2 Å². The summed E-state index contributed by atoms with van der Waals surface area (Å²) in [7, 11) is 0. The summed E-state index contributed by atoms with van der Waals surface area (Å²) in [6.45, 7) is 13.7. The Morgan fingerprint density at radius 3 is 1.07 bits per heavy atom. The van der Waals surface area contributed by atoms with E-state index in [1.54, 1.807) is 6.92 Å². The van der Waals surface area contributed by atoms with Crippen LogP contribution in [0.1, 0.15) is 183 Å². The van der Waals surface area contributed by atoms with Gasteiger partial charge in [0.1, 0.15) is 13.2 Å². The van der Waals surface area contributed by atoms with Crippen molar-refractivity contribution in [1.29, 1.82) is 0 Å². The molecule has 6 nitrogen and oxygen atoms in total. The van der Waals surface area contributed by atoms with Crippen LogP contribution in [0.5, 0.6) is 0 Å². The molecule has 0 aliphatic rings. The van der Waals surface area contributed by atoms with Crippen molar-refractivity contribution >= 4 is 17.9 Å². The number of carbonyl (C=O) groups excluding carboxylic acids is 3. The number of unbranched alkanes of at least 4 members (excludes halogenated alkanes) is 15. The van der Waals surface area contributed by atoms with Crippen LogP contribution in [0.3, 0.4) is 0 Å².